The molecule has 2 aliphatic rings. The fraction of sp³-hybridized carbons (Fsp3) is 0.350. The Hall–Kier alpha value is -2.37. The molecule has 1 spiro atoms. The Morgan fingerprint density at radius 1 is 0.960 bits per heavy atom. The van der Waals surface area contributed by atoms with Crippen molar-refractivity contribution in [2.24, 2.45) is 0 Å². The molecule has 130 valence electrons. The van der Waals surface area contributed by atoms with Crippen molar-refractivity contribution in [3.63, 3.8) is 0 Å². The molecular weight excluding hydrogens is 316 g/mol. The molecule has 5 nitrogen and oxygen atoms in total. The normalized spacial score (nSPS) is 24.3. The quantitative estimate of drug-likeness (QED) is 0.863. The Morgan fingerprint density at radius 2 is 1.68 bits per heavy atom. The number of amides is 1. The van der Waals surface area contributed by atoms with Gasteiger partial charge in [-0.05, 0) is 17.7 Å². The van der Waals surface area contributed by atoms with E-state index in [-0.39, 0.29) is 6.09 Å². The Bertz CT molecular complexity index is 722. The fourth-order valence-electron chi connectivity index (χ4n) is 3.55. The minimum absolute atomic E-state index is 0.295. The van der Waals surface area contributed by atoms with E-state index in [0.29, 0.717) is 26.3 Å². The molecule has 2 aromatic rings. The summed E-state index contributed by atoms with van der Waals surface area (Å²) in [6.07, 6.45) is -0.295. The average Bonchev–Trinajstić information content (AvgIpc) is 2.83. The van der Waals surface area contributed by atoms with E-state index in [1.54, 1.807) is 4.90 Å². The zero-order valence-corrected chi connectivity index (χ0v) is 14.1. The summed E-state index contributed by atoms with van der Waals surface area (Å²) in [4.78, 5) is 16.5. The zero-order chi connectivity index (χ0) is 17.1. The third-order valence-corrected chi connectivity index (χ3v) is 4.72. The Labute approximate surface area is 147 Å². The van der Waals surface area contributed by atoms with Gasteiger partial charge in [0.1, 0.15) is 0 Å². The van der Waals surface area contributed by atoms with Crippen LogP contribution in [0.5, 0.6) is 0 Å². The molecular formula is C20H22N2O3. The van der Waals surface area contributed by atoms with Gasteiger partial charge >= 0.3 is 6.09 Å². The molecule has 0 saturated carbocycles. The smallest absolute Gasteiger partial charge is 0.415 e. The van der Waals surface area contributed by atoms with Gasteiger partial charge in [0, 0.05) is 25.3 Å². The first-order valence-electron chi connectivity index (χ1n) is 8.64. The van der Waals surface area contributed by atoms with Crippen molar-refractivity contribution in [3.8, 4) is 0 Å². The Balaban J connectivity index is 1.51. The first-order chi connectivity index (χ1) is 12.2. The number of carbonyl (C=O) groups is 1. The molecule has 2 aromatic carbocycles. The topological polar surface area (TPSA) is 42.0 Å². The van der Waals surface area contributed by atoms with Crippen LogP contribution in [0, 0.1) is 0 Å². The third kappa shape index (κ3) is 3.52. The molecule has 1 atom stereocenters. The second-order valence-electron chi connectivity index (χ2n) is 6.72. The second kappa shape index (κ2) is 6.86. The summed E-state index contributed by atoms with van der Waals surface area (Å²) in [6, 6.07) is 20.0. The lowest BCUT2D eigenvalue weighted by Crippen LogP contribution is -2.47. The molecule has 4 rings (SSSR count). The van der Waals surface area contributed by atoms with Crippen LogP contribution in [0.25, 0.3) is 0 Å². The van der Waals surface area contributed by atoms with Crippen molar-refractivity contribution in [1.82, 2.24) is 4.90 Å². The van der Waals surface area contributed by atoms with E-state index in [9.17, 15) is 4.79 Å². The number of para-hydroxylation sites is 1. The van der Waals surface area contributed by atoms with Gasteiger partial charge in [-0.25, -0.2) is 4.79 Å². The van der Waals surface area contributed by atoms with Crippen LogP contribution in [0.3, 0.4) is 0 Å². The predicted octanol–water partition coefficient (Wildman–Crippen LogP) is 2.91. The number of carbonyl (C=O) groups excluding carboxylic acids is 1. The number of ether oxygens (including phenoxy) is 2. The van der Waals surface area contributed by atoms with Gasteiger partial charge in [0.25, 0.3) is 0 Å². The second-order valence-corrected chi connectivity index (χ2v) is 6.72. The van der Waals surface area contributed by atoms with Gasteiger partial charge in [0.2, 0.25) is 0 Å². The molecule has 2 saturated heterocycles. The highest BCUT2D eigenvalue weighted by molar-refractivity contribution is 5.90. The summed E-state index contributed by atoms with van der Waals surface area (Å²) in [7, 11) is 0. The highest BCUT2D eigenvalue weighted by Crippen LogP contribution is 2.30. The van der Waals surface area contributed by atoms with Crippen molar-refractivity contribution in [2.75, 3.05) is 37.7 Å². The molecule has 5 heteroatoms. The van der Waals surface area contributed by atoms with Crippen LogP contribution in [0.4, 0.5) is 10.5 Å². The number of hydrogen-bond donors (Lipinski definition) is 0. The van der Waals surface area contributed by atoms with Gasteiger partial charge in [-0.1, -0.05) is 48.5 Å². The lowest BCUT2D eigenvalue weighted by Gasteiger charge is -2.29. The highest BCUT2D eigenvalue weighted by Gasteiger charge is 2.48. The molecule has 2 aliphatic heterocycles. The van der Waals surface area contributed by atoms with Crippen molar-refractivity contribution in [3.05, 3.63) is 66.2 Å². The summed E-state index contributed by atoms with van der Waals surface area (Å²) < 4.78 is 11.6. The number of anilines is 1. The molecule has 25 heavy (non-hydrogen) atoms. The van der Waals surface area contributed by atoms with Gasteiger partial charge in [-0.15, -0.1) is 0 Å². The summed E-state index contributed by atoms with van der Waals surface area (Å²) >= 11 is 0. The van der Waals surface area contributed by atoms with E-state index in [4.69, 9.17) is 9.47 Å². The van der Waals surface area contributed by atoms with Crippen molar-refractivity contribution >= 4 is 11.8 Å². The van der Waals surface area contributed by atoms with Gasteiger partial charge in [-0.3, -0.25) is 9.80 Å². The lowest BCUT2D eigenvalue weighted by molar-refractivity contribution is -0.0154. The third-order valence-electron chi connectivity index (χ3n) is 4.72. The highest BCUT2D eigenvalue weighted by atomic mass is 16.6. The van der Waals surface area contributed by atoms with Crippen LogP contribution in [-0.2, 0) is 16.0 Å². The van der Waals surface area contributed by atoms with E-state index in [1.165, 1.54) is 5.56 Å². The molecule has 1 amide bonds. The molecule has 0 radical (unpaired) electrons. The monoisotopic (exact) mass is 338 g/mol. The number of nitrogens with zero attached hydrogens (tertiary/aromatic N) is 2. The van der Waals surface area contributed by atoms with Gasteiger partial charge < -0.3 is 9.47 Å². The SMILES string of the molecule is O=C1O[C@@]2(COCCN(Cc3ccccc3)C2)CN1c1ccccc1. The van der Waals surface area contributed by atoms with Crippen LogP contribution in [0.2, 0.25) is 0 Å². The van der Waals surface area contributed by atoms with Crippen molar-refractivity contribution < 1.29 is 14.3 Å². The van der Waals surface area contributed by atoms with Crippen molar-refractivity contribution in [2.45, 2.75) is 12.1 Å². The minimum Gasteiger partial charge on any atom is -0.437 e. The number of hydrogen-bond acceptors (Lipinski definition) is 4. The van der Waals surface area contributed by atoms with Gasteiger partial charge in [0.15, 0.2) is 5.60 Å². The standard InChI is InChI=1S/C20H22N2O3/c23-19-22(18-9-5-2-6-10-18)15-20(25-19)14-21(11-12-24-16-20)13-17-7-3-1-4-8-17/h1-10H,11-16H2/t20-/m1/s1. The van der Waals surface area contributed by atoms with Gasteiger partial charge in [0.05, 0.1) is 19.8 Å². The maximum absolute atomic E-state index is 12.5. The molecule has 2 heterocycles. The number of benzene rings is 2. The van der Waals surface area contributed by atoms with E-state index >= 15 is 0 Å². The molecule has 0 aromatic heterocycles. The predicted molar refractivity (Wildman–Crippen MR) is 95.5 cm³/mol. The largest absolute Gasteiger partial charge is 0.437 e. The summed E-state index contributed by atoms with van der Waals surface area (Å²) in [5.41, 5.74) is 1.50. The van der Waals surface area contributed by atoms with Crippen LogP contribution in [0.1, 0.15) is 5.56 Å². The fourth-order valence-corrected chi connectivity index (χ4v) is 3.55. The minimum atomic E-state index is -0.613. The van der Waals surface area contributed by atoms with Crippen LogP contribution >= 0.6 is 0 Å². The van der Waals surface area contributed by atoms with Crippen molar-refractivity contribution in [1.29, 1.82) is 0 Å². The molecule has 2 fully saturated rings. The van der Waals surface area contributed by atoms with E-state index in [2.05, 4.69) is 17.0 Å². The maximum atomic E-state index is 12.5. The maximum Gasteiger partial charge on any atom is 0.415 e. The first kappa shape index (κ1) is 16.1. The molecule has 0 aliphatic carbocycles. The van der Waals surface area contributed by atoms with E-state index in [0.717, 1.165) is 18.8 Å². The van der Waals surface area contributed by atoms with Crippen LogP contribution in [-0.4, -0.2) is 49.4 Å². The molecule has 0 unspecified atom stereocenters. The van der Waals surface area contributed by atoms with E-state index < -0.39 is 5.60 Å². The Morgan fingerprint density at radius 3 is 2.44 bits per heavy atom. The summed E-state index contributed by atoms with van der Waals surface area (Å²) in [5.74, 6) is 0. The zero-order valence-electron chi connectivity index (χ0n) is 14.1. The first-order valence-corrected chi connectivity index (χ1v) is 8.64. The lowest BCUT2D eigenvalue weighted by atomic mass is 10.0. The van der Waals surface area contributed by atoms with Crippen LogP contribution in [0.15, 0.2) is 60.7 Å². The van der Waals surface area contributed by atoms with Gasteiger partial charge in [-0.2, -0.15) is 0 Å². The number of rotatable bonds is 3. The average molecular weight is 338 g/mol. The Kier molecular flexibility index (Phi) is 4.42. The summed E-state index contributed by atoms with van der Waals surface area (Å²) in [6.45, 7) is 3.94. The summed E-state index contributed by atoms with van der Waals surface area (Å²) in [5, 5.41) is 0. The molecule has 0 bridgehead atoms. The van der Waals surface area contributed by atoms with E-state index in [1.807, 2.05) is 48.5 Å². The van der Waals surface area contributed by atoms with Crippen LogP contribution < -0.4 is 4.90 Å². The molecule has 0 N–H and O–H groups in total.